The summed E-state index contributed by atoms with van der Waals surface area (Å²) in [6.45, 7) is 2.14. The Kier molecular flexibility index (Phi) is 1.39. The summed E-state index contributed by atoms with van der Waals surface area (Å²) < 4.78 is 1.87. The topological polar surface area (TPSA) is 17.3 Å². The van der Waals surface area contributed by atoms with E-state index in [4.69, 9.17) is 0 Å². The van der Waals surface area contributed by atoms with Crippen LogP contribution >= 0.6 is 0 Å². The van der Waals surface area contributed by atoms with Crippen molar-refractivity contribution in [3.8, 4) is 0 Å². The minimum atomic E-state index is 1.05. The lowest BCUT2D eigenvalue weighted by atomic mass is 10.2. The predicted molar refractivity (Wildman–Crippen MR) is 44.6 cm³/mol. The fourth-order valence-corrected chi connectivity index (χ4v) is 1.16. The van der Waals surface area contributed by atoms with Gasteiger partial charge in [0.05, 0.1) is 11.7 Å². The average Bonchev–Trinajstić information content (AvgIpc) is 2.50. The molecule has 0 bridgehead atoms. The number of hydrogen-bond donors (Lipinski definition) is 0. The first-order valence-corrected chi connectivity index (χ1v) is 3.82. The molecule has 0 saturated heterocycles. The second kappa shape index (κ2) is 2.38. The smallest absolute Gasteiger partial charge is 0.0649 e. The quantitative estimate of drug-likeness (QED) is 0.600. The molecule has 0 aliphatic heterocycles. The Labute approximate surface area is 65.5 Å². The third-order valence-corrected chi connectivity index (χ3v) is 1.85. The van der Waals surface area contributed by atoms with Crippen LogP contribution in [0.1, 0.15) is 12.5 Å². The normalized spacial score (nSPS) is 10.6. The molecule has 56 valence electrons. The molecular formula is C9H10N2. The number of nitrogens with zero attached hydrogens (tertiary/aromatic N) is 2. The summed E-state index contributed by atoms with van der Waals surface area (Å²) in [5, 5.41) is 4.23. The van der Waals surface area contributed by atoms with Gasteiger partial charge in [0.2, 0.25) is 0 Å². The molecule has 0 aliphatic carbocycles. The standard InChI is InChI=1S/C9H10N2/c1-2-8-6-9-4-3-5-11(9)10-7-8/h3-7H,2H2,1H3. The summed E-state index contributed by atoms with van der Waals surface area (Å²) in [7, 11) is 0. The summed E-state index contributed by atoms with van der Waals surface area (Å²) in [6, 6.07) is 6.22. The maximum atomic E-state index is 4.23. The van der Waals surface area contributed by atoms with Crippen molar-refractivity contribution in [3.05, 3.63) is 36.2 Å². The highest BCUT2D eigenvalue weighted by Crippen LogP contribution is 2.05. The monoisotopic (exact) mass is 146 g/mol. The van der Waals surface area contributed by atoms with Gasteiger partial charge in [-0.3, -0.25) is 0 Å². The molecule has 2 heterocycles. The van der Waals surface area contributed by atoms with Crippen LogP contribution in [0.2, 0.25) is 0 Å². The Bertz CT molecular complexity index is 362. The Balaban J connectivity index is 2.67. The largest absolute Gasteiger partial charge is 0.241 e. The molecule has 0 unspecified atom stereocenters. The van der Waals surface area contributed by atoms with Gasteiger partial charge in [-0.15, -0.1) is 0 Å². The molecule has 2 heteroatoms. The number of fused-ring (bicyclic) bond motifs is 1. The summed E-state index contributed by atoms with van der Waals surface area (Å²) in [5.41, 5.74) is 2.46. The molecule has 0 amide bonds. The van der Waals surface area contributed by atoms with Crippen LogP contribution in [-0.2, 0) is 6.42 Å². The van der Waals surface area contributed by atoms with E-state index in [2.05, 4.69) is 24.2 Å². The molecule has 2 aromatic heterocycles. The minimum absolute atomic E-state index is 1.05. The molecule has 0 spiro atoms. The molecule has 0 N–H and O–H groups in total. The van der Waals surface area contributed by atoms with Crippen LogP contribution in [-0.4, -0.2) is 9.61 Å². The first kappa shape index (κ1) is 6.40. The summed E-state index contributed by atoms with van der Waals surface area (Å²) in [4.78, 5) is 0. The first-order valence-electron chi connectivity index (χ1n) is 3.82. The van der Waals surface area contributed by atoms with Crippen molar-refractivity contribution in [1.29, 1.82) is 0 Å². The van der Waals surface area contributed by atoms with Crippen molar-refractivity contribution in [2.45, 2.75) is 13.3 Å². The van der Waals surface area contributed by atoms with Gasteiger partial charge in [0.1, 0.15) is 0 Å². The highest BCUT2D eigenvalue weighted by molar-refractivity contribution is 5.47. The molecule has 2 rings (SSSR count). The Morgan fingerprint density at radius 1 is 1.55 bits per heavy atom. The van der Waals surface area contributed by atoms with Crippen LogP contribution in [0.3, 0.4) is 0 Å². The highest BCUT2D eigenvalue weighted by atomic mass is 15.2. The van der Waals surface area contributed by atoms with E-state index in [1.165, 1.54) is 11.1 Å². The van der Waals surface area contributed by atoms with Crippen molar-refractivity contribution in [2.75, 3.05) is 0 Å². The van der Waals surface area contributed by atoms with Gasteiger partial charge < -0.3 is 0 Å². The fraction of sp³-hybridized carbons (Fsp3) is 0.222. The van der Waals surface area contributed by atoms with Gasteiger partial charge in [0.15, 0.2) is 0 Å². The average molecular weight is 146 g/mol. The summed E-state index contributed by atoms with van der Waals surface area (Å²) in [5.74, 6) is 0. The molecule has 0 aromatic carbocycles. The zero-order chi connectivity index (χ0) is 7.68. The van der Waals surface area contributed by atoms with Crippen molar-refractivity contribution in [3.63, 3.8) is 0 Å². The van der Waals surface area contributed by atoms with Gasteiger partial charge in [0.25, 0.3) is 0 Å². The number of aromatic nitrogens is 2. The fourth-order valence-electron chi connectivity index (χ4n) is 1.16. The van der Waals surface area contributed by atoms with Gasteiger partial charge in [-0.2, -0.15) is 5.10 Å². The van der Waals surface area contributed by atoms with E-state index in [0.29, 0.717) is 0 Å². The van der Waals surface area contributed by atoms with Crippen LogP contribution < -0.4 is 0 Å². The summed E-state index contributed by atoms with van der Waals surface area (Å²) in [6.07, 6.45) is 4.91. The minimum Gasteiger partial charge on any atom is -0.241 e. The van der Waals surface area contributed by atoms with Gasteiger partial charge in [-0.05, 0) is 30.2 Å². The second-order valence-electron chi connectivity index (χ2n) is 2.59. The van der Waals surface area contributed by atoms with E-state index in [0.717, 1.165) is 6.42 Å². The van der Waals surface area contributed by atoms with Crippen molar-refractivity contribution >= 4 is 5.52 Å². The maximum absolute atomic E-state index is 4.23. The van der Waals surface area contributed by atoms with Crippen LogP contribution in [0.25, 0.3) is 5.52 Å². The molecular weight excluding hydrogens is 136 g/mol. The van der Waals surface area contributed by atoms with E-state index in [9.17, 15) is 0 Å². The van der Waals surface area contributed by atoms with Gasteiger partial charge in [-0.25, -0.2) is 4.52 Å². The zero-order valence-corrected chi connectivity index (χ0v) is 6.49. The molecule has 0 aliphatic rings. The van der Waals surface area contributed by atoms with Crippen LogP contribution in [0.15, 0.2) is 30.6 Å². The van der Waals surface area contributed by atoms with Crippen LogP contribution in [0.4, 0.5) is 0 Å². The van der Waals surface area contributed by atoms with E-state index < -0.39 is 0 Å². The molecule has 0 saturated carbocycles. The first-order chi connectivity index (χ1) is 5.40. The maximum Gasteiger partial charge on any atom is 0.0649 e. The lowest BCUT2D eigenvalue weighted by Crippen LogP contribution is -1.90. The van der Waals surface area contributed by atoms with Crippen LogP contribution in [0, 0.1) is 0 Å². The number of aryl methyl sites for hydroxylation is 1. The van der Waals surface area contributed by atoms with Crippen LogP contribution in [0.5, 0.6) is 0 Å². The molecule has 2 aromatic rings. The van der Waals surface area contributed by atoms with Gasteiger partial charge in [0, 0.05) is 6.20 Å². The number of rotatable bonds is 1. The van der Waals surface area contributed by atoms with E-state index in [-0.39, 0.29) is 0 Å². The van der Waals surface area contributed by atoms with E-state index in [1.54, 1.807) is 0 Å². The predicted octanol–water partition coefficient (Wildman–Crippen LogP) is 1.90. The third kappa shape index (κ3) is 1.00. The zero-order valence-electron chi connectivity index (χ0n) is 6.49. The Morgan fingerprint density at radius 2 is 2.45 bits per heavy atom. The SMILES string of the molecule is CCc1cnn2cccc2c1. The summed E-state index contributed by atoms with van der Waals surface area (Å²) >= 11 is 0. The van der Waals surface area contributed by atoms with Crippen molar-refractivity contribution < 1.29 is 0 Å². The lowest BCUT2D eigenvalue weighted by Gasteiger charge is -1.96. The highest BCUT2D eigenvalue weighted by Gasteiger charge is 1.93. The Hall–Kier alpha value is -1.31. The van der Waals surface area contributed by atoms with Crippen molar-refractivity contribution in [1.82, 2.24) is 9.61 Å². The molecule has 0 radical (unpaired) electrons. The molecule has 11 heavy (non-hydrogen) atoms. The van der Waals surface area contributed by atoms with Crippen molar-refractivity contribution in [2.24, 2.45) is 0 Å². The molecule has 2 nitrogen and oxygen atoms in total. The molecule has 0 atom stereocenters. The Morgan fingerprint density at radius 3 is 3.27 bits per heavy atom. The van der Waals surface area contributed by atoms with E-state index in [1.807, 2.05) is 23.0 Å². The second-order valence-corrected chi connectivity index (χ2v) is 2.59. The number of hydrogen-bond acceptors (Lipinski definition) is 1. The third-order valence-electron chi connectivity index (χ3n) is 1.85. The van der Waals surface area contributed by atoms with Gasteiger partial charge in [-0.1, -0.05) is 6.92 Å². The lowest BCUT2D eigenvalue weighted by molar-refractivity contribution is 0.918. The van der Waals surface area contributed by atoms with Gasteiger partial charge >= 0.3 is 0 Å². The molecule has 0 fully saturated rings. The van der Waals surface area contributed by atoms with E-state index >= 15 is 0 Å².